The SMILES string of the molecule is CNC(Cc1ccncc1Cl)c1ccc(C)c(Cl)c1. The molecule has 0 spiro atoms. The molecule has 0 fully saturated rings. The fourth-order valence-corrected chi connectivity index (χ4v) is 2.39. The topological polar surface area (TPSA) is 24.9 Å². The van der Waals surface area contributed by atoms with Gasteiger partial charge in [-0.2, -0.15) is 0 Å². The van der Waals surface area contributed by atoms with Crippen LogP contribution in [0.4, 0.5) is 0 Å². The molecule has 0 aliphatic carbocycles. The number of hydrogen-bond donors (Lipinski definition) is 1. The molecule has 0 amide bonds. The second-order valence-electron chi connectivity index (χ2n) is 4.52. The maximum Gasteiger partial charge on any atom is 0.0622 e. The Balaban J connectivity index is 2.25. The summed E-state index contributed by atoms with van der Waals surface area (Å²) in [5.41, 5.74) is 3.32. The van der Waals surface area contributed by atoms with Crippen LogP contribution in [0.5, 0.6) is 0 Å². The van der Waals surface area contributed by atoms with Gasteiger partial charge in [0, 0.05) is 23.5 Å². The number of hydrogen-bond acceptors (Lipinski definition) is 2. The number of likely N-dealkylation sites (N-methyl/N-ethyl adjacent to an activating group) is 1. The molecule has 1 heterocycles. The van der Waals surface area contributed by atoms with Crippen molar-refractivity contribution in [2.45, 2.75) is 19.4 Å². The summed E-state index contributed by atoms with van der Waals surface area (Å²) in [6, 6.07) is 8.27. The number of aromatic nitrogens is 1. The predicted molar refractivity (Wildman–Crippen MR) is 80.9 cm³/mol. The summed E-state index contributed by atoms with van der Waals surface area (Å²) in [6.45, 7) is 2.00. The summed E-state index contributed by atoms with van der Waals surface area (Å²) in [4.78, 5) is 4.00. The fourth-order valence-electron chi connectivity index (χ4n) is 2.00. The molecule has 2 rings (SSSR count). The van der Waals surface area contributed by atoms with Gasteiger partial charge in [-0.15, -0.1) is 0 Å². The first-order chi connectivity index (χ1) is 9.11. The van der Waals surface area contributed by atoms with Crippen LogP contribution in [-0.2, 0) is 6.42 Å². The molecule has 1 atom stereocenters. The van der Waals surface area contributed by atoms with Gasteiger partial charge in [-0.25, -0.2) is 0 Å². The molecule has 1 aromatic carbocycles. The molecule has 4 heteroatoms. The van der Waals surface area contributed by atoms with Crippen LogP contribution in [0.25, 0.3) is 0 Å². The highest BCUT2D eigenvalue weighted by atomic mass is 35.5. The summed E-state index contributed by atoms with van der Waals surface area (Å²) in [7, 11) is 1.94. The zero-order chi connectivity index (χ0) is 13.8. The Morgan fingerprint density at radius 2 is 2.00 bits per heavy atom. The van der Waals surface area contributed by atoms with Crippen LogP contribution in [0, 0.1) is 6.92 Å². The Bertz CT molecular complexity index is 570. The zero-order valence-electron chi connectivity index (χ0n) is 11.0. The molecule has 0 saturated carbocycles. The van der Waals surface area contributed by atoms with Crippen LogP contribution in [0.15, 0.2) is 36.7 Å². The minimum Gasteiger partial charge on any atom is -0.313 e. The number of nitrogens with zero attached hydrogens (tertiary/aromatic N) is 1. The van der Waals surface area contributed by atoms with E-state index in [0.29, 0.717) is 5.02 Å². The van der Waals surface area contributed by atoms with Gasteiger partial charge in [0.15, 0.2) is 0 Å². The molecule has 1 unspecified atom stereocenters. The molecular formula is C15H16Cl2N2. The summed E-state index contributed by atoms with van der Waals surface area (Å²) in [5.74, 6) is 0. The van der Waals surface area contributed by atoms with Gasteiger partial charge in [-0.3, -0.25) is 4.98 Å². The van der Waals surface area contributed by atoms with E-state index in [1.165, 1.54) is 0 Å². The van der Waals surface area contributed by atoms with Crippen molar-refractivity contribution in [3.63, 3.8) is 0 Å². The molecular weight excluding hydrogens is 279 g/mol. The smallest absolute Gasteiger partial charge is 0.0622 e. The standard InChI is InChI=1S/C15H16Cl2N2/c1-10-3-4-12(7-13(10)16)15(18-2)8-11-5-6-19-9-14(11)17/h3-7,9,15,18H,8H2,1-2H3. The van der Waals surface area contributed by atoms with Crippen molar-refractivity contribution in [2.24, 2.45) is 0 Å². The van der Waals surface area contributed by atoms with Crippen LogP contribution in [0.1, 0.15) is 22.7 Å². The monoisotopic (exact) mass is 294 g/mol. The molecule has 1 N–H and O–H groups in total. The molecule has 19 heavy (non-hydrogen) atoms. The Labute approximate surface area is 123 Å². The van der Waals surface area contributed by atoms with Crippen molar-refractivity contribution in [3.05, 3.63) is 63.4 Å². The van der Waals surface area contributed by atoms with Crippen LogP contribution in [-0.4, -0.2) is 12.0 Å². The summed E-state index contributed by atoms with van der Waals surface area (Å²) in [5, 5.41) is 4.79. The Morgan fingerprint density at radius 3 is 2.63 bits per heavy atom. The van der Waals surface area contributed by atoms with E-state index in [4.69, 9.17) is 23.2 Å². The lowest BCUT2D eigenvalue weighted by Gasteiger charge is -2.18. The van der Waals surface area contributed by atoms with Crippen molar-refractivity contribution in [1.29, 1.82) is 0 Å². The number of benzene rings is 1. The van der Waals surface area contributed by atoms with E-state index in [1.807, 2.05) is 32.2 Å². The van der Waals surface area contributed by atoms with Gasteiger partial charge < -0.3 is 5.32 Å². The van der Waals surface area contributed by atoms with Crippen molar-refractivity contribution < 1.29 is 0 Å². The third kappa shape index (κ3) is 3.47. The Morgan fingerprint density at radius 1 is 1.21 bits per heavy atom. The second-order valence-corrected chi connectivity index (χ2v) is 5.34. The van der Waals surface area contributed by atoms with Gasteiger partial charge in [-0.05, 0) is 49.2 Å². The molecule has 0 aliphatic heterocycles. The molecule has 0 radical (unpaired) electrons. The molecule has 1 aromatic heterocycles. The molecule has 100 valence electrons. The number of pyridine rings is 1. The van der Waals surface area contributed by atoms with Crippen LogP contribution in [0.2, 0.25) is 10.0 Å². The Kier molecular flexibility index (Phi) is 4.81. The quantitative estimate of drug-likeness (QED) is 0.914. The number of halogens is 2. The number of rotatable bonds is 4. The van der Waals surface area contributed by atoms with E-state index in [0.717, 1.165) is 28.1 Å². The second kappa shape index (κ2) is 6.38. The van der Waals surface area contributed by atoms with Gasteiger partial charge in [-0.1, -0.05) is 35.3 Å². The first-order valence-corrected chi connectivity index (χ1v) is 6.89. The summed E-state index contributed by atoms with van der Waals surface area (Å²) >= 11 is 12.3. The Hall–Kier alpha value is -1.09. The van der Waals surface area contributed by atoms with Gasteiger partial charge in [0.2, 0.25) is 0 Å². The maximum absolute atomic E-state index is 6.19. The highest BCUT2D eigenvalue weighted by Gasteiger charge is 2.13. The molecule has 0 saturated heterocycles. The van der Waals surface area contributed by atoms with E-state index in [9.17, 15) is 0 Å². The fraction of sp³-hybridized carbons (Fsp3) is 0.267. The van der Waals surface area contributed by atoms with E-state index in [1.54, 1.807) is 12.4 Å². The molecule has 2 aromatic rings. The lowest BCUT2D eigenvalue weighted by Crippen LogP contribution is -2.19. The molecule has 0 aliphatic rings. The minimum absolute atomic E-state index is 0.179. The van der Waals surface area contributed by atoms with Gasteiger partial charge in [0.05, 0.1) is 5.02 Å². The van der Waals surface area contributed by atoms with Crippen molar-refractivity contribution >= 4 is 23.2 Å². The third-order valence-electron chi connectivity index (χ3n) is 3.23. The molecule has 0 bridgehead atoms. The highest BCUT2D eigenvalue weighted by Crippen LogP contribution is 2.25. The lowest BCUT2D eigenvalue weighted by molar-refractivity contribution is 0.592. The number of nitrogens with one attached hydrogen (secondary N) is 1. The van der Waals surface area contributed by atoms with Crippen LogP contribution >= 0.6 is 23.2 Å². The van der Waals surface area contributed by atoms with Crippen LogP contribution in [0.3, 0.4) is 0 Å². The molecule has 2 nitrogen and oxygen atoms in total. The summed E-state index contributed by atoms with van der Waals surface area (Å²) in [6.07, 6.45) is 4.24. The number of aryl methyl sites for hydroxylation is 1. The van der Waals surface area contributed by atoms with Crippen molar-refractivity contribution in [1.82, 2.24) is 10.3 Å². The van der Waals surface area contributed by atoms with E-state index < -0.39 is 0 Å². The van der Waals surface area contributed by atoms with Crippen LogP contribution < -0.4 is 5.32 Å². The first-order valence-electron chi connectivity index (χ1n) is 6.13. The lowest BCUT2D eigenvalue weighted by atomic mass is 9.98. The van der Waals surface area contributed by atoms with Gasteiger partial charge >= 0.3 is 0 Å². The normalized spacial score (nSPS) is 12.4. The average molecular weight is 295 g/mol. The predicted octanol–water partition coefficient (Wildman–Crippen LogP) is 4.20. The third-order valence-corrected chi connectivity index (χ3v) is 3.97. The van der Waals surface area contributed by atoms with E-state index in [2.05, 4.69) is 16.4 Å². The van der Waals surface area contributed by atoms with E-state index in [-0.39, 0.29) is 6.04 Å². The first kappa shape index (κ1) is 14.3. The van der Waals surface area contributed by atoms with Gasteiger partial charge in [0.1, 0.15) is 0 Å². The largest absolute Gasteiger partial charge is 0.313 e. The average Bonchev–Trinajstić information content (AvgIpc) is 2.41. The van der Waals surface area contributed by atoms with Crippen molar-refractivity contribution in [2.75, 3.05) is 7.05 Å². The zero-order valence-corrected chi connectivity index (χ0v) is 12.5. The van der Waals surface area contributed by atoms with Crippen molar-refractivity contribution in [3.8, 4) is 0 Å². The van der Waals surface area contributed by atoms with Gasteiger partial charge in [0.25, 0.3) is 0 Å². The highest BCUT2D eigenvalue weighted by molar-refractivity contribution is 6.31. The van der Waals surface area contributed by atoms with E-state index >= 15 is 0 Å². The maximum atomic E-state index is 6.19. The minimum atomic E-state index is 0.179. The summed E-state index contributed by atoms with van der Waals surface area (Å²) < 4.78 is 0.